The lowest BCUT2D eigenvalue weighted by Crippen LogP contribution is -2.36. The van der Waals surface area contributed by atoms with Crippen LogP contribution in [0.1, 0.15) is 25.7 Å². The molecule has 0 atom stereocenters. The third-order valence-corrected chi connectivity index (χ3v) is 3.20. The van der Waals surface area contributed by atoms with Crippen molar-refractivity contribution in [2.45, 2.75) is 31.7 Å². The second-order valence-electron chi connectivity index (χ2n) is 4.71. The molecule has 1 amide bonds. The molecule has 1 aliphatic carbocycles. The molecule has 1 aliphatic rings. The van der Waals surface area contributed by atoms with Crippen molar-refractivity contribution in [3.63, 3.8) is 0 Å². The van der Waals surface area contributed by atoms with Crippen molar-refractivity contribution in [2.75, 3.05) is 6.61 Å². The molecule has 0 unspecified atom stereocenters. The van der Waals surface area contributed by atoms with Crippen molar-refractivity contribution < 1.29 is 18.8 Å². The number of nitrogens with one attached hydrogen (secondary N) is 1. The van der Waals surface area contributed by atoms with Gasteiger partial charge in [-0.05, 0) is 18.9 Å². The van der Waals surface area contributed by atoms with Gasteiger partial charge in [0.1, 0.15) is 5.82 Å². The van der Waals surface area contributed by atoms with E-state index in [1.807, 2.05) is 0 Å². The molecule has 0 spiro atoms. The number of carbonyl (C=O) groups is 1. The van der Waals surface area contributed by atoms with Crippen molar-refractivity contribution in [1.29, 1.82) is 0 Å². The molecule has 0 bridgehead atoms. The van der Waals surface area contributed by atoms with Gasteiger partial charge < -0.3 is 10.1 Å². The lowest BCUT2D eigenvalue weighted by atomic mass is 10.2. The minimum Gasteiger partial charge on any atom is -0.477 e. The van der Waals surface area contributed by atoms with E-state index < -0.39 is 10.7 Å². The van der Waals surface area contributed by atoms with E-state index >= 15 is 0 Å². The zero-order valence-electron chi connectivity index (χ0n) is 10.8. The molecule has 108 valence electrons. The zero-order valence-corrected chi connectivity index (χ0v) is 10.8. The summed E-state index contributed by atoms with van der Waals surface area (Å²) in [6.07, 6.45) is 4.04. The fourth-order valence-electron chi connectivity index (χ4n) is 2.24. The van der Waals surface area contributed by atoms with Gasteiger partial charge in [0, 0.05) is 18.2 Å². The number of amides is 1. The Morgan fingerprint density at radius 2 is 2.15 bits per heavy atom. The Labute approximate surface area is 115 Å². The Bertz CT molecular complexity index is 515. The molecule has 0 saturated heterocycles. The number of nitro benzene ring substituents is 1. The van der Waals surface area contributed by atoms with Crippen molar-refractivity contribution >= 4 is 11.6 Å². The number of ether oxygens (including phenoxy) is 1. The summed E-state index contributed by atoms with van der Waals surface area (Å²) in [5.74, 6) is -1.24. The average Bonchev–Trinajstić information content (AvgIpc) is 2.89. The quantitative estimate of drug-likeness (QED) is 0.663. The molecule has 0 aliphatic heterocycles. The standard InChI is InChI=1S/C13H15FN2O4/c14-9-5-6-11(16(18)19)12(7-9)20-8-13(17)15-10-3-1-2-4-10/h5-7,10H,1-4,8H2,(H,15,17). The van der Waals surface area contributed by atoms with E-state index in [2.05, 4.69) is 5.32 Å². The van der Waals surface area contributed by atoms with Crippen LogP contribution in [0.25, 0.3) is 0 Å². The molecule has 7 heteroatoms. The van der Waals surface area contributed by atoms with Gasteiger partial charge in [0.15, 0.2) is 6.61 Å². The second-order valence-corrected chi connectivity index (χ2v) is 4.71. The summed E-state index contributed by atoms with van der Waals surface area (Å²) in [6.45, 7) is -0.360. The summed E-state index contributed by atoms with van der Waals surface area (Å²) >= 11 is 0. The normalized spacial score (nSPS) is 15.1. The van der Waals surface area contributed by atoms with E-state index in [1.165, 1.54) is 0 Å². The van der Waals surface area contributed by atoms with Gasteiger partial charge in [0.25, 0.3) is 5.91 Å². The Kier molecular flexibility index (Phi) is 4.49. The summed E-state index contributed by atoms with van der Waals surface area (Å²) in [6, 6.07) is 3.04. The van der Waals surface area contributed by atoms with Crippen LogP contribution in [-0.2, 0) is 4.79 Å². The molecule has 1 fully saturated rings. The maximum absolute atomic E-state index is 13.1. The molecule has 1 saturated carbocycles. The molecular weight excluding hydrogens is 267 g/mol. The fraction of sp³-hybridized carbons (Fsp3) is 0.462. The number of carbonyl (C=O) groups excluding carboxylic acids is 1. The van der Waals surface area contributed by atoms with Gasteiger partial charge in [-0.1, -0.05) is 12.8 Å². The number of hydrogen-bond donors (Lipinski definition) is 1. The first-order chi connectivity index (χ1) is 9.56. The third kappa shape index (κ3) is 3.66. The van der Waals surface area contributed by atoms with Crippen LogP contribution >= 0.6 is 0 Å². The Balaban J connectivity index is 1.94. The molecule has 0 heterocycles. The zero-order chi connectivity index (χ0) is 14.5. The van der Waals surface area contributed by atoms with Crippen LogP contribution in [0.15, 0.2) is 18.2 Å². The predicted molar refractivity (Wildman–Crippen MR) is 68.9 cm³/mol. The van der Waals surface area contributed by atoms with E-state index in [-0.39, 0.29) is 30.0 Å². The van der Waals surface area contributed by atoms with E-state index in [0.29, 0.717) is 0 Å². The summed E-state index contributed by atoms with van der Waals surface area (Å²) in [4.78, 5) is 21.7. The highest BCUT2D eigenvalue weighted by Gasteiger charge is 2.19. The Morgan fingerprint density at radius 1 is 1.45 bits per heavy atom. The number of hydrogen-bond acceptors (Lipinski definition) is 4. The second kappa shape index (κ2) is 6.31. The van der Waals surface area contributed by atoms with Crippen LogP contribution in [0.5, 0.6) is 5.75 Å². The topological polar surface area (TPSA) is 81.5 Å². The first-order valence-electron chi connectivity index (χ1n) is 6.42. The van der Waals surface area contributed by atoms with Crippen molar-refractivity contribution in [2.24, 2.45) is 0 Å². The number of halogens is 1. The van der Waals surface area contributed by atoms with E-state index in [4.69, 9.17) is 4.74 Å². The molecule has 1 aromatic carbocycles. The lowest BCUT2D eigenvalue weighted by molar-refractivity contribution is -0.385. The first kappa shape index (κ1) is 14.2. The maximum Gasteiger partial charge on any atom is 0.311 e. The summed E-state index contributed by atoms with van der Waals surface area (Å²) in [7, 11) is 0. The van der Waals surface area contributed by atoms with Gasteiger partial charge in [-0.2, -0.15) is 0 Å². The van der Waals surface area contributed by atoms with Crippen LogP contribution < -0.4 is 10.1 Å². The predicted octanol–water partition coefficient (Wildman–Crippen LogP) is 2.17. The van der Waals surface area contributed by atoms with Crippen molar-refractivity contribution in [3.05, 3.63) is 34.1 Å². The maximum atomic E-state index is 13.1. The SMILES string of the molecule is O=C(COc1cc(F)ccc1[N+](=O)[O-])NC1CCCC1. The molecule has 20 heavy (non-hydrogen) atoms. The van der Waals surface area contributed by atoms with E-state index in [1.54, 1.807) is 0 Å². The minimum atomic E-state index is -0.677. The van der Waals surface area contributed by atoms with Crippen LogP contribution in [0, 0.1) is 15.9 Å². The number of nitrogens with zero attached hydrogens (tertiary/aromatic N) is 1. The molecule has 6 nitrogen and oxygen atoms in total. The number of nitro groups is 1. The van der Waals surface area contributed by atoms with Crippen LogP contribution in [0.2, 0.25) is 0 Å². The van der Waals surface area contributed by atoms with Gasteiger partial charge in [0.2, 0.25) is 5.75 Å². The summed E-state index contributed by atoms with van der Waals surface area (Å²) in [5, 5.41) is 13.5. The third-order valence-electron chi connectivity index (χ3n) is 3.20. The highest BCUT2D eigenvalue weighted by atomic mass is 19.1. The molecule has 0 radical (unpaired) electrons. The molecule has 2 rings (SSSR count). The largest absolute Gasteiger partial charge is 0.477 e. The van der Waals surface area contributed by atoms with Gasteiger partial charge >= 0.3 is 5.69 Å². The minimum absolute atomic E-state index is 0.147. The van der Waals surface area contributed by atoms with Crippen LogP contribution in [0.3, 0.4) is 0 Å². The fourth-order valence-corrected chi connectivity index (χ4v) is 2.24. The highest BCUT2D eigenvalue weighted by molar-refractivity contribution is 5.78. The van der Waals surface area contributed by atoms with Crippen molar-refractivity contribution in [1.82, 2.24) is 5.32 Å². The smallest absolute Gasteiger partial charge is 0.311 e. The van der Waals surface area contributed by atoms with Gasteiger partial charge in [-0.3, -0.25) is 14.9 Å². The summed E-state index contributed by atoms with van der Waals surface area (Å²) < 4.78 is 18.1. The average molecular weight is 282 g/mol. The van der Waals surface area contributed by atoms with Crippen LogP contribution in [-0.4, -0.2) is 23.5 Å². The Hall–Kier alpha value is -2.18. The number of rotatable bonds is 5. The Morgan fingerprint density at radius 3 is 2.80 bits per heavy atom. The lowest BCUT2D eigenvalue weighted by Gasteiger charge is -2.12. The summed E-state index contributed by atoms with van der Waals surface area (Å²) in [5.41, 5.74) is -0.361. The van der Waals surface area contributed by atoms with E-state index in [0.717, 1.165) is 43.9 Å². The van der Waals surface area contributed by atoms with Gasteiger partial charge in [0.05, 0.1) is 4.92 Å². The van der Waals surface area contributed by atoms with Gasteiger partial charge in [-0.15, -0.1) is 0 Å². The molecule has 1 aromatic rings. The number of benzene rings is 1. The van der Waals surface area contributed by atoms with E-state index in [9.17, 15) is 19.3 Å². The molecule has 1 N–H and O–H groups in total. The van der Waals surface area contributed by atoms with Gasteiger partial charge in [-0.25, -0.2) is 4.39 Å². The molecular formula is C13H15FN2O4. The van der Waals surface area contributed by atoms with Crippen molar-refractivity contribution in [3.8, 4) is 5.75 Å². The first-order valence-corrected chi connectivity index (χ1v) is 6.42. The highest BCUT2D eigenvalue weighted by Crippen LogP contribution is 2.27. The molecule has 0 aromatic heterocycles. The van der Waals surface area contributed by atoms with Crippen LogP contribution in [0.4, 0.5) is 10.1 Å². The monoisotopic (exact) mass is 282 g/mol.